The second-order valence-corrected chi connectivity index (χ2v) is 7.96. The highest BCUT2D eigenvalue weighted by Crippen LogP contribution is 2.24. The molecule has 2 amide bonds. The summed E-state index contributed by atoms with van der Waals surface area (Å²) in [5, 5.41) is 10.6. The number of nitrogens with zero attached hydrogens (tertiary/aromatic N) is 2. The van der Waals surface area contributed by atoms with Gasteiger partial charge in [-0.2, -0.15) is 5.10 Å². The van der Waals surface area contributed by atoms with Gasteiger partial charge in [-0.05, 0) is 48.5 Å². The van der Waals surface area contributed by atoms with Crippen molar-refractivity contribution in [1.29, 1.82) is 0 Å². The fraction of sp³-hybridized carbons (Fsp3) is 0.115. The van der Waals surface area contributed by atoms with Crippen molar-refractivity contribution in [1.82, 2.24) is 20.4 Å². The molecule has 172 valence electrons. The first kappa shape index (κ1) is 23.2. The Kier molecular flexibility index (Phi) is 7.34. The van der Waals surface area contributed by atoms with Crippen LogP contribution in [-0.4, -0.2) is 28.1 Å². The number of carbonyl (C=O) groups is 2. The summed E-state index contributed by atoms with van der Waals surface area (Å²) in [6.07, 6.45) is 1.95. The SMILES string of the molecule is O=C(CCNC(=O)c1ccccc1Cl)NCc1cn(-c2ccccc2)nc1-c1ccc(F)cc1. The van der Waals surface area contributed by atoms with Gasteiger partial charge in [0.1, 0.15) is 5.82 Å². The zero-order valence-electron chi connectivity index (χ0n) is 18.2. The molecule has 3 aromatic carbocycles. The highest BCUT2D eigenvalue weighted by atomic mass is 35.5. The van der Waals surface area contributed by atoms with Crippen LogP contribution in [0.2, 0.25) is 5.02 Å². The van der Waals surface area contributed by atoms with E-state index >= 15 is 0 Å². The molecule has 4 rings (SSSR count). The Bertz CT molecular complexity index is 1290. The normalized spacial score (nSPS) is 10.6. The maximum atomic E-state index is 13.4. The van der Waals surface area contributed by atoms with Crippen LogP contribution < -0.4 is 10.6 Å². The molecule has 0 fully saturated rings. The minimum atomic E-state index is -0.333. The van der Waals surface area contributed by atoms with Crippen LogP contribution in [0, 0.1) is 5.82 Å². The van der Waals surface area contributed by atoms with E-state index in [1.54, 1.807) is 41.1 Å². The Morgan fingerprint density at radius 2 is 1.62 bits per heavy atom. The minimum Gasteiger partial charge on any atom is -0.352 e. The zero-order valence-corrected chi connectivity index (χ0v) is 18.9. The van der Waals surface area contributed by atoms with Crippen molar-refractivity contribution in [3.63, 3.8) is 0 Å². The summed E-state index contributed by atoms with van der Waals surface area (Å²) in [4.78, 5) is 24.6. The monoisotopic (exact) mass is 476 g/mol. The molecule has 4 aromatic rings. The fourth-order valence-corrected chi connectivity index (χ4v) is 3.64. The summed E-state index contributed by atoms with van der Waals surface area (Å²) in [7, 11) is 0. The third-order valence-corrected chi connectivity index (χ3v) is 5.49. The molecule has 8 heteroatoms. The number of benzene rings is 3. The third kappa shape index (κ3) is 5.68. The quantitative estimate of drug-likeness (QED) is 0.384. The predicted molar refractivity (Wildman–Crippen MR) is 129 cm³/mol. The van der Waals surface area contributed by atoms with E-state index < -0.39 is 0 Å². The summed E-state index contributed by atoms with van der Waals surface area (Å²) >= 11 is 6.03. The van der Waals surface area contributed by atoms with E-state index in [0.29, 0.717) is 16.3 Å². The molecule has 0 atom stereocenters. The van der Waals surface area contributed by atoms with Crippen molar-refractivity contribution < 1.29 is 14.0 Å². The van der Waals surface area contributed by atoms with Crippen LogP contribution in [0.4, 0.5) is 4.39 Å². The van der Waals surface area contributed by atoms with Crippen LogP contribution in [0.1, 0.15) is 22.3 Å². The Morgan fingerprint density at radius 1 is 0.912 bits per heavy atom. The number of hydrogen-bond donors (Lipinski definition) is 2. The smallest absolute Gasteiger partial charge is 0.252 e. The average molecular weight is 477 g/mol. The van der Waals surface area contributed by atoms with Gasteiger partial charge in [0.05, 0.1) is 22.0 Å². The van der Waals surface area contributed by atoms with Gasteiger partial charge in [0.15, 0.2) is 0 Å². The molecule has 0 aliphatic rings. The first-order valence-electron chi connectivity index (χ1n) is 10.7. The molecule has 0 saturated heterocycles. The molecule has 0 spiro atoms. The van der Waals surface area contributed by atoms with Crippen LogP contribution >= 0.6 is 11.6 Å². The lowest BCUT2D eigenvalue weighted by Gasteiger charge is -2.08. The molecule has 6 nitrogen and oxygen atoms in total. The summed E-state index contributed by atoms with van der Waals surface area (Å²) in [5.41, 5.74) is 3.40. The van der Waals surface area contributed by atoms with E-state index in [0.717, 1.165) is 16.8 Å². The highest BCUT2D eigenvalue weighted by Gasteiger charge is 2.14. The van der Waals surface area contributed by atoms with Gasteiger partial charge in [-0.25, -0.2) is 9.07 Å². The molecule has 0 saturated carbocycles. The van der Waals surface area contributed by atoms with Gasteiger partial charge < -0.3 is 10.6 Å². The number of aromatic nitrogens is 2. The number of amides is 2. The van der Waals surface area contributed by atoms with Crippen LogP contribution in [0.15, 0.2) is 85.1 Å². The van der Waals surface area contributed by atoms with E-state index in [1.165, 1.54) is 12.1 Å². The topological polar surface area (TPSA) is 76.0 Å². The van der Waals surface area contributed by atoms with Gasteiger partial charge in [-0.3, -0.25) is 9.59 Å². The van der Waals surface area contributed by atoms with Crippen molar-refractivity contribution in [2.24, 2.45) is 0 Å². The zero-order chi connectivity index (χ0) is 23.9. The van der Waals surface area contributed by atoms with Crippen LogP contribution in [0.25, 0.3) is 16.9 Å². The summed E-state index contributed by atoms with van der Waals surface area (Å²) in [6, 6.07) is 22.4. The Balaban J connectivity index is 1.41. The predicted octanol–water partition coefficient (Wildman–Crippen LogP) is 4.77. The van der Waals surface area contributed by atoms with Crippen molar-refractivity contribution in [2.75, 3.05) is 6.54 Å². The second-order valence-electron chi connectivity index (χ2n) is 7.55. The molecular weight excluding hydrogens is 455 g/mol. The second kappa shape index (κ2) is 10.8. The lowest BCUT2D eigenvalue weighted by atomic mass is 10.1. The maximum Gasteiger partial charge on any atom is 0.252 e. The summed E-state index contributed by atoms with van der Waals surface area (Å²) < 4.78 is 15.1. The van der Waals surface area contributed by atoms with Gasteiger partial charge in [-0.15, -0.1) is 0 Å². The Hall–Kier alpha value is -3.97. The third-order valence-electron chi connectivity index (χ3n) is 5.16. The molecule has 0 unspecified atom stereocenters. The number of rotatable bonds is 8. The van der Waals surface area contributed by atoms with Gasteiger partial charge in [0.25, 0.3) is 5.91 Å². The highest BCUT2D eigenvalue weighted by molar-refractivity contribution is 6.33. The van der Waals surface area contributed by atoms with Crippen molar-refractivity contribution in [3.05, 3.63) is 107 Å². The number of carbonyl (C=O) groups excluding carboxylic acids is 2. The van der Waals surface area contributed by atoms with E-state index in [1.807, 2.05) is 36.5 Å². The molecule has 0 aliphatic heterocycles. The van der Waals surface area contributed by atoms with Crippen molar-refractivity contribution in [3.8, 4) is 16.9 Å². The lowest BCUT2D eigenvalue weighted by molar-refractivity contribution is -0.121. The number of halogens is 2. The minimum absolute atomic E-state index is 0.106. The lowest BCUT2D eigenvalue weighted by Crippen LogP contribution is -2.30. The molecule has 34 heavy (non-hydrogen) atoms. The average Bonchev–Trinajstić information content (AvgIpc) is 3.28. The Morgan fingerprint density at radius 3 is 2.35 bits per heavy atom. The molecule has 1 heterocycles. The van der Waals surface area contributed by atoms with Gasteiger partial charge in [0.2, 0.25) is 5.91 Å². The maximum absolute atomic E-state index is 13.4. The first-order valence-corrected chi connectivity index (χ1v) is 11.1. The van der Waals surface area contributed by atoms with Crippen molar-refractivity contribution >= 4 is 23.4 Å². The molecule has 2 N–H and O–H groups in total. The van der Waals surface area contributed by atoms with E-state index in [2.05, 4.69) is 15.7 Å². The Labute approximate surface area is 201 Å². The van der Waals surface area contributed by atoms with E-state index in [4.69, 9.17) is 11.6 Å². The van der Waals surface area contributed by atoms with E-state index in [-0.39, 0.29) is 37.1 Å². The summed E-state index contributed by atoms with van der Waals surface area (Å²) in [5.74, 6) is -0.891. The van der Waals surface area contributed by atoms with Crippen LogP contribution in [-0.2, 0) is 11.3 Å². The van der Waals surface area contributed by atoms with Crippen LogP contribution in [0.3, 0.4) is 0 Å². The van der Waals surface area contributed by atoms with Gasteiger partial charge >= 0.3 is 0 Å². The molecule has 1 aromatic heterocycles. The standard InChI is InChI=1S/C26H22ClFN4O2/c27-23-9-5-4-8-22(23)26(34)29-15-14-24(33)30-16-19-17-32(21-6-2-1-3-7-21)31-25(19)18-10-12-20(28)13-11-18/h1-13,17H,14-16H2,(H,29,34)(H,30,33). The molecule has 0 aliphatic carbocycles. The largest absolute Gasteiger partial charge is 0.352 e. The number of hydrogen-bond acceptors (Lipinski definition) is 3. The number of para-hydroxylation sites is 1. The number of nitrogens with one attached hydrogen (secondary N) is 2. The van der Waals surface area contributed by atoms with Crippen LogP contribution in [0.5, 0.6) is 0 Å². The van der Waals surface area contributed by atoms with Crippen molar-refractivity contribution in [2.45, 2.75) is 13.0 Å². The summed E-state index contributed by atoms with van der Waals surface area (Å²) in [6.45, 7) is 0.404. The van der Waals surface area contributed by atoms with Gasteiger partial charge in [0, 0.05) is 36.8 Å². The first-order chi connectivity index (χ1) is 16.5. The van der Waals surface area contributed by atoms with E-state index in [9.17, 15) is 14.0 Å². The fourth-order valence-electron chi connectivity index (χ4n) is 3.42. The molecule has 0 radical (unpaired) electrons. The van der Waals surface area contributed by atoms with Gasteiger partial charge in [-0.1, -0.05) is 41.9 Å². The molecular formula is C26H22ClFN4O2. The molecule has 0 bridgehead atoms.